The third-order valence-corrected chi connectivity index (χ3v) is 21.5. The molecule has 0 unspecified atom stereocenters. The van der Waals surface area contributed by atoms with Gasteiger partial charge in [-0.25, -0.2) is 0 Å². The van der Waals surface area contributed by atoms with Crippen molar-refractivity contribution in [1.82, 2.24) is 0 Å². The largest absolute Gasteiger partial charge is 0.112 e. The molecule has 2 heteroatoms. The van der Waals surface area contributed by atoms with Gasteiger partial charge < -0.3 is 0 Å². The molecule has 0 spiro atoms. The molecule has 0 saturated heterocycles. The van der Waals surface area contributed by atoms with Crippen molar-refractivity contribution in [2.45, 2.75) is 31.6 Å². The van der Waals surface area contributed by atoms with Crippen molar-refractivity contribution in [3.05, 3.63) is 253 Å². The second-order valence-electron chi connectivity index (χ2n) is 18.4. The zero-order chi connectivity index (χ0) is 42.8. The van der Waals surface area contributed by atoms with Crippen LogP contribution in [-0.2, 0) is 5.41 Å². The van der Waals surface area contributed by atoms with Crippen LogP contribution in [0.5, 0.6) is 0 Å². The summed E-state index contributed by atoms with van der Waals surface area (Å²) in [6.45, 7) is 9.96. The van der Waals surface area contributed by atoms with Gasteiger partial charge in [0.05, 0.1) is 5.41 Å². The summed E-state index contributed by atoms with van der Waals surface area (Å²) in [6, 6.07) is 87.0. The molecule has 0 heterocycles. The normalized spacial score (nSPS) is 13.2. The highest BCUT2D eigenvalue weighted by atomic mass is 28.3. The maximum Gasteiger partial charge on any atom is 0.112 e. The molecule has 63 heavy (non-hydrogen) atoms. The van der Waals surface area contributed by atoms with Crippen molar-refractivity contribution >= 4 is 58.4 Å². The maximum atomic E-state index is 2.58. The summed E-state index contributed by atoms with van der Waals surface area (Å²) in [5.74, 6) is 0. The van der Waals surface area contributed by atoms with E-state index >= 15 is 0 Å². The van der Waals surface area contributed by atoms with Crippen LogP contribution >= 0.6 is 0 Å². The van der Waals surface area contributed by atoms with Gasteiger partial charge >= 0.3 is 0 Å². The predicted octanol–water partition coefficient (Wildman–Crippen LogP) is 13.3. The molecule has 1 aliphatic rings. The molecule has 0 amide bonds. The van der Waals surface area contributed by atoms with Crippen LogP contribution in [0.4, 0.5) is 0 Å². The van der Waals surface area contributed by atoms with Gasteiger partial charge in [-0.05, 0) is 77.2 Å². The first-order valence-corrected chi connectivity index (χ1v) is 28.3. The number of hydrogen-bond donors (Lipinski definition) is 0. The zero-order valence-corrected chi connectivity index (χ0v) is 38.4. The SMILES string of the molecule is C[Si](C)(c1ccccc1)c1ccc(-c2c3ccccc3c(-c3ccc([Si](C)(C)c4ccc5c(c4)C(c4ccccc4)(c4ccccc4)c4ccccc4-5)cc3)c3ccccc23)cc1. The van der Waals surface area contributed by atoms with Crippen LogP contribution in [0.3, 0.4) is 0 Å². The number of fused-ring (bicyclic) bond motifs is 5. The van der Waals surface area contributed by atoms with Gasteiger partial charge in [-0.2, -0.15) is 0 Å². The van der Waals surface area contributed by atoms with E-state index in [9.17, 15) is 0 Å². The van der Waals surface area contributed by atoms with E-state index in [1.165, 1.54) is 97.9 Å². The van der Waals surface area contributed by atoms with E-state index < -0.39 is 21.6 Å². The molecule has 0 atom stereocenters. The van der Waals surface area contributed by atoms with Crippen molar-refractivity contribution in [3.8, 4) is 33.4 Å². The first kappa shape index (κ1) is 39.0. The van der Waals surface area contributed by atoms with Crippen molar-refractivity contribution in [1.29, 1.82) is 0 Å². The number of hydrogen-bond acceptors (Lipinski definition) is 0. The van der Waals surface area contributed by atoms with Gasteiger partial charge in [-0.15, -0.1) is 0 Å². The van der Waals surface area contributed by atoms with E-state index in [0.717, 1.165) is 0 Å². The highest BCUT2D eigenvalue weighted by Gasteiger charge is 2.46. The van der Waals surface area contributed by atoms with Gasteiger partial charge in [0, 0.05) is 0 Å². The van der Waals surface area contributed by atoms with Crippen LogP contribution in [0.2, 0.25) is 26.2 Å². The Kier molecular flexibility index (Phi) is 9.42. The molecule has 0 fully saturated rings. The summed E-state index contributed by atoms with van der Waals surface area (Å²) in [5, 5.41) is 10.9. The monoisotopic (exact) mass is 838 g/mol. The van der Waals surface area contributed by atoms with Crippen molar-refractivity contribution in [3.63, 3.8) is 0 Å². The zero-order valence-electron chi connectivity index (χ0n) is 36.4. The quantitative estimate of drug-likeness (QED) is 0.106. The molecular formula is C61H50Si2. The average Bonchev–Trinajstić information content (AvgIpc) is 3.64. The van der Waals surface area contributed by atoms with E-state index in [4.69, 9.17) is 0 Å². The first-order valence-electron chi connectivity index (χ1n) is 22.3. The Balaban J connectivity index is 1.01. The summed E-state index contributed by atoms with van der Waals surface area (Å²) in [5.41, 5.74) is 12.7. The molecule has 0 radical (unpaired) electrons. The van der Waals surface area contributed by atoms with Crippen molar-refractivity contribution in [2.24, 2.45) is 0 Å². The standard InChI is InChI=1S/C61H50Si2/c1-62(2,47-24-12-7-13-25-47)48-36-32-43(33-37-48)59-53-27-14-16-29-55(53)60(56-30-17-15-28-54(56)59)44-34-38-49(39-35-44)63(3,4)50-40-41-52-51-26-18-19-31-57(51)61(58(52)42-50,45-20-8-5-9-21-45)46-22-10-6-11-23-46/h5-42H,1-4H3. The lowest BCUT2D eigenvalue weighted by Crippen LogP contribution is -2.53. The van der Waals surface area contributed by atoms with E-state index in [2.05, 4.69) is 257 Å². The predicted molar refractivity (Wildman–Crippen MR) is 276 cm³/mol. The highest BCUT2D eigenvalue weighted by molar-refractivity contribution is 7.01. The molecular weight excluding hydrogens is 789 g/mol. The van der Waals surface area contributed by atoms with Gasteiger partial charge in [-0.3, -0.25) is 0 Å². The van der Waals surface area contributed by atoms with Gasteiger partial charge in [0.1, 0.15) is 16.1 Å². The smallest absolute Gasteiger partial charge is 0.0626 e. The lowest BCUT2D eigenvalue weighted by Gasteiger charge is -2.35. The minimum Gasteiger partial charge on any atom is -0.0626 e. The van der Waals surface area contributed by atoms with Crippen LogP contribution in [0.1, 0.15) is 22.3 Å². The molecule has 10 aromatic rings. The van der Waals surface area contributed by atoms with Crippen molar-refractivity contribution in [2.75, 3.05) is 0 Å². The summed E-state index contributed by atoms with van der Waals surface area (Å²) in [4.78, 5) is 0. The van der Waals surface area contributed by atoms with Crippen molar-refractivity contribution < 1.29 is 0 Å². The van der Waals surface area contributed by atoms with Crippen LogP contribution in [0, 0.1) is 0 Å². The van der Waals surface area contributed by atoms with Gasteiger partial charge in [0.15, 0.2) is 0 Å². The average molecular weight is 839 g/mol. The van der Waals surface area contributed by atoms with E-state index in [1.807, 2.05) is 0 Å². The lowest BCUT2D eigenvalue weighted by molar-refractivity contribution is 0.769. The summed E-state index contributed by atoms with van der Waals surface area (Å²) in [7, 11) is -4.02. The maximum absolute atomic E-state index is 2.58. The van der Waals surface area contributed by atoms with Crippen LogP contribution in [0.15, 0.2) is 231 Å². The minimum absolute atomic E-state index is 0.407. The molecule has 0 N–H and O–H groups in total. The Morgan fingerprint density at radius 2 is 0.635 bits per heavy atom. The summed E-state index contributed by atoms with van der Waals surface area (Å²) < 4.78 is 0. The van der Waals surface area contributed by atoms with Gasteiger partial charge in [0.2, 0.25) is 0 Å². The van der Waals surface area contributed by atoms with E-state index in [0.29, 0.717) is 0 Å². The molecule has 302 valence electrons. The van der Waals surface area contributed by atoms with E-state index in [1.54, 1.807) is 0 Å². The Bertz CT molecular complexity index is 3200. The molecule has 10 aromatic carbocycles. The number of rotatable bonds is 8. The first-order chi connectivity index (χ1) is 30.8. The summed E-state index contributed by atoms with van der Waals surface area (Å²) >= 11 is 0. The number of benzene rings is 10. The lowest BCUT2D eigenvalue weighted by atomic mass is 9.68. The van der Waals surface area contributed by atoms with Gasteiger partial charge in [-0.1, -0.05) is 277 Å². The molecule has 0 aliphatic heterocycles. The third-order valence-electron chi connectivity index (χ3n) is 14.4. The topological polar surface area (TPSA) is 0 Å². The van der Waals surface area contributed by atoms with Gasteiger partial charge in [0.25, 0.3) is 0 Å². The highest BCUT2D eigenvalue weighted by Crippen LogP contribution is 2.56. The second-order valence-corrected chi connectivity index (χ2v) is 27.2. The Hall–Kier alpha value is -6.85. The molecule has 0 bridgehead atoms. The molecule has 0 nitrogen and oxygen atoms in total. The molecule has 0 saturated carbocycles. The third kappa shape index (κ3) is 6.15. The Labute approximate surface area is 374 Å². The van der Waals surface area contributed by atoms with Crippen LogP contribution in [-0.4, -0.2) is 16.1 Å². The molecule has 0 aromatic heterocycles. The second kappa shape index (κ2) is 15.2. The summed E-state index contributed by atoms with van der Waals surface area (Å²) in [6.07, 6.45) is 0. The fraction of sp³-hybridized carbons (Fsp3) is 0.0820. The van der Waals surface area contributed by atoms with Crippen LogP contribution < -0.4 is 20.7 Å². The fourth-order valence-corrected chi connectivity index (χ4v) is 15.6. The molecule has 1 aliphatic carbocycles. The minimum atomic E-state index is -2.19. The Morgan fingerprint density at radius 1 is 0.286 bits per heavy atom. The van der Waals surface area contributed by atoms with E-state index in [-0.39, 0.29) is 0 Å². The molecule has 11 rings (SSSR count). The van der Waals surface area contributed by atoms with Crippen LogP contribution in [0.25, 0.3) is 54.9 Å². The fourth-order valence-electron chi connectivity index (χ4n) is 10.9. The Morgan fingerprint density at radius 3 is 1.11 bits per heavy atom.